The number of hydrogen-bond acceptors (Lipinski definition) is 3. The highest BCUT2D eigenvalue weighted by atomic mass is 79.9. The number of aromatic nitrogens is 1. The van der Waals surface area contributed by atoms with E-state index in [9.17, 15) is 0 Å². The predicted octanol–water partition coefficient (Wildman–Crippen LogP) is 6.96. The normalized spacial score (nSPS) is 11.0. The van der Waals surface area contributed by atoms with E-state index in [0.29, 0.717) is 6.61 Å². The third-order valence-electron chi connectivity index (χ3n) is 3.78. The van der Waals surface area contributed by atoms with E-state index in [2.05, 4.69) is 28.1 Å². The van der Waals surface area contributed by atoms with Crippen LogP contribution in [-0.4, -0.2) is 4.98 Å². The van der Waals surface area contributed by atoms with Gasteiger partial charge in [-0.25, -0.2) is 4.98 Å². The Bertz CT molecular complexity index is 996. The average Bonchev–Trinajstić information content (AvgIpc) is 3.06. The Hall–Kier alpha value is -1.88. The fraction of sp³-hybridized carbons (Fsp3) is 0.0500. The molecular weight excluding hydrogens is 418 g/mol. The predicted molar refractivity (Wildman–Crippen MR) is 109 cm³/mol. The van der Waals surface area contributed by atoms with Gasteiger partial charge in [0, 0.05) is 10.6 Å². The maximum atomic E-state index is 5.91. The van der Waals surface area contributed by atoms with E-state index < -0.39 is 0 Å². The number of nitrogens with zero attached hydrogens (tertiary/aromatic N) is 1. The summed E-state index contributed by atoms with van der Waals surface area (Å²) in [5.41, 5.74) is 3.18. The second kappa shape index (κ2) is 7.16. The molecule has 0 aliphatic rings. The van der Waals surface area contributed by atoms with Crippen molar-refractivity contribution < 1.29 is 4.74 Å². The second-order valence-corrected chi connectivity index (χ2v) is 7.87. The molecule has 0 aliphatic heterocycles. The fourth-order valence-corrected chi connectivity index (χ4v) is 4.07. The third-order valence-corrected chi connectivity index (χ3v) is 5.74. The van der Waals surface area contributed by atoms with Crippen molar-refractivity contribution in [1.29, 1.82) is 0 Å². The van der Waals surface area contributed by atoms with E-state index in [0.717, 1.165) is 36.9 Å². The van der Waals surface area contributed by atoms with Crippen LogP contribution in [-0.2, 0) is 6.61 Å². The summed E-state index contributed by atoms with van der Waals surface area (Å²) in [6.07, 6.45) is 0. The Labute approximate surface area is 163 Å². The van der Waals surface area contributed by atoms with Crippen LogP contribution in [0.3, 0.4) is 0 Å². The summed E-state index contributed by atoms with van der Waals surface area (Å²) in [4.78, 5) is 4.70. The highest BCUT2D eigenvalue weighted by molar-refractivity contribution is 9.10. The first-order valence-electron chi connectivity index (χ1n) is 7.72. The maximum Gasteiger partial charge on any atom is 0.134 e. The number of halogens is 2. The van der Waals surface area contributed by atoms with Gasteiger partial charge in [0.15, 0.2) is 0 Å². The van der Waals surface area contributed by atoms with Gasteiger partial charge in [-0.05, 0) is 64.0 Å². The minimum Gasteiger partial charge on any atom is -0.488 e. The Morgan fingerprint density at radius 1 is 1.00 bits per heavy atom. The SMILES string of the molecule is Clc1ccc(COc2ccc(-c3nc4ccccc4s3)cc2Br)cc1. The second-order valence-electron chi connectivity index (χ2n) is 5.55. The van der Waals surface area contributed by atoms with Crippen molar-refractivity contribution in [2.45, 2.75) is 6.61 Å². The van der Waals surface area contributed by atoms with Gasteiger partial charge in [0.1, 0.15) is 17.4 Å². The topological polar surface area (TPSA) is 22.1 Å². The summed E-state index contributed by atoms with van der Waals surface area (Å²) < 4.78 is 8.01. The van der Waals surface area contributed by atoms with Crippen LogP contribution in [0, 0.1) is 0 Å². The first kappa shape index (κ1) is 16.6. The molecule has 4 rings (SSSR count). The van der Waals surface area contributed by atoms with Crippen LogP contribution in [0.4, 0.5) is 0 Å². The number of hydrogen-bond donors (Lipinski definition) is 0. The third kappa shape index (κ3) is 3.71. The molecule has 0 atom stereocenters. The lowest BCUT2D eigenvalue weighted by Crippen LogP contribution is -1.96. The lowest BCUT2D eigenvalue weighted by atomic mass is 10.2. The van der Waals surface area contributed by atoms with Crippen LogP contribution < -0.4 is 4.74 Å². The summed E-state index contributed by atoms with van der Waals surface area (Å²) in [6.45, 7) is 0.496. The van der Waals surface area contributed by atoms with E-state index in [1.807, 2.05) is 54.6 Å². The minimum atomic E-state index is 0.496. The van der Waals surface area contributed by atoms with Gasteiger partial charge < -0.3 is 4.74 Å². The number of ether oxygens (including phenoxy) is 1. The van der Waals surface area contributed by atoms with Crippen LogP contribution in [0.1, 0.15) is 5.56 Å². The lowest BCUT2D eigenvalue weighted by molar-refractivity contribution is 0.304. The van der Waals surface area contributed by atoms with Crippen molar-refractivity contribution in [1.82, 2.24) is 4.98 Å². The molecule has 0 saturated carbocycles. The zero-order chi connectivity index (χ0) is 17.2. The van der Waals surface area contributed by atoms with Crippen molar-refractivity contribution in [2.75, 3.05) is 0 Å². The van der Waals surface area contributed by atoms with Crippen molar-refractivity contribution in [3.05, 3.63) is 81.8 Å². The standard InChI is InChI=1S/C20H13BrClNOS/c21-16-11-14(20-23-17-3-1-2-4-19(17)25-20)7-10-18(16)24-12-13-5-8-15(22)9-6-13/h1-11H,12H2. The quantitative estimate of drug-likeness (QED) is 0.349. The molecule has 5 heteroatoms. The monoisotopic (exact) mass is 429 g/mol. The van der Waals surface area contributed by atoms with E-state index in [4.69, 9.17) is 21.3 Å². The minimum absolute atomic E-state index is 0.496. The molecule has 0 unspecified atom stereocenters. The Balaban J connectivity index is 1.54. The highest BCUT2D eigenvalue weighted by Gasteiger charge is 2.09. The van der Waals surface area contributed by atoms with Crippen LogP contribution in [0.5, 0.6) is 5.75 Å². The zero-order valence-electron chi connectivity index (χ0n) is 13.1. The van der Waals surface area contributed by atoms with Gasteiger partial charge in [0.05, 0.1) is 14.7 Å². The van der Waals surface area contributed by atoms with Gasteiger partial charge in [0.25, 0.3) is 0 Å². The molecule has 4 aromatic rings. The molecule has 2 nitrogen and oxygen atoms in total. The number of fused-ring (bicyclic) bond motifs is 1. The van der Waals surface area contributed by atoms with Crippen molar-refractivity contribution in [3.63, 3.8) is 0 Å². The number of para-hydroxylation sites is 1. The molecule has 0 aliphatic carbocycles. The molecule has 0 fully saturated rings. The first-order chi connectivity index (χ1) is 12.2. The average molecular weight is 431 g/mol. The zero-order valence-corrected chi connectivity index (χ0v) is 16.2. The van der Waals surface area contributed by atoms with Crippen molar-refractivity contribution >= 4 is 49.1 Å². The Kier molecular flexibility index (Phi) is 4.75. The van der Waals surface area contributed by atoms with Crippen LogP contribution in [0.2, 0.25) is 5.02 Å². The van der Waals surface area contributed by atoms with Crippen LogP contribution >= 0.6 is 38.9 Å². The molecule has 1 heterocycles. The van der Waals surface area contributed by atoms with E-state index >= 15 is 0 Å². The summed E-state index contributed by atoms with van der Waals surface area (Å²) in [5, 5.41) is 1.73. The fourth-order valence-electron chi connectivity index (χ4n) is 2.49. The Morgan fingerprint density at radius 2 is 1.80 bits per heavy atom. The van der Waals surface area contributed by atoms with Crippen LogP contribution in [0.25, 0.3) is 20.8 Å². The van der Waals surface area contributed by atoms with Gasteiger partial charge in [-0.1, -0.05) is 35.9 Å². The highest BCUT2D eigenvalue weighted by Crippen LogP contribution is 2.35. The van der Waals surface area contributed by atoms with Crippen molar-refractivity contribution in [3.8, 4) is 16.3 Å². The summed E-state index contributed by atoms with van der Waals surface area (Å²) in [5.74, 6) is 0.805. The van der Waals surface area contributed by atoms with Gasteiger partial charge >= 0.3 is 0 Å². The molecule has 0 radical (unpaired) electrons. The Morgan fingerprint density at radius 3 is 2.56 bits per heavy atom. The number of thiazole rings is 1. The van der Waals surface area contributed by atoms with Gasteiger partial charge in [-0.15, -0.1) is 11.3 Å². The van der Waals surface area contributed by atoms with Gasteiger partial charge in [0.2, 0.25) is 0 Å². The summed E-state index contributed by atoms with van der Waals surface area (Å²) in [7, 11) is 0. The number of rotatable bonds is 4. The summed E-state index contributed by atoms with van der Waals surface area (Å²) in [6, 6.07) is 21.9. The molecule has 0 N–H and O–H groups in total. The molecule has 124 valence electrons. The molecule has 0 saturated heterocycles. The van der Waals surface area contributed by atoms with Gasteiger partial charge in [-0.3, -0.25) is 0 Å². The van der Waals surface area contributed by atoms with Crippen molar-refractivity contribution in [2.24, 2.45) is 0 Å². The van der Waals surface area contributed by atoms with E-state index in [1.165, 1.54) is 4.70 Å². The summed E-state index contributed by atoms with van der Waals surface area (Å²) >= 11 is 11.2. The molecule has 0 amide bonds. The molecule has 3 aromatic carbocycles. The molecule has 1 aromatic heterocycles. The lowest BCUT2D eigenvalue weighted by Gasteiger charge is -2.09. The largest absolute Gasteiger partial charge is 0.488 e. The van der Waals surface area contributed by atoms with Gasteiger partial charge in [-0.2, -0.15) is 0 Å². The first-order valence-corrected chi connectivity index (χ1v) is 9.70. The molecule has 0 bridgehead atoms. The molecule has 25 heavy (non-hydrogen) atoms. The molecule has 0 spiro atoms. The number of benzene rings is 3. The molecular formula is C20H13BrClNOS. The van der Waals surface area contributed by atoms with E-state index in [-0.39, 0.29) is 0 Å². The smallest absolute Gasteiger partial charge is 0.134 e. The van der Waals surface area contributed by atoms with E-state index in [1.54, 1.807) is 11.3 Å². The van der Waals surface area contributed by atoms with Crippen LogP contribution in [0.15, 0.2) is 71.2 Å². The maximum absolute atomic E-state index is 5.91.